The Morgan fingerprint density at radius 1 is 0.667 bits per heavy atom. The maximum atomic E-state index is 13.4. The van der Waals surface area contributed by atoms with Crippen LogP contribution in [-0.4, -0.2) is 72.0 Å². The van der Waals surface area contributed by atoms with Crippen LogP contribution in [0.25, 0.3) is 0 Å². The number of hydrogen-bond acceptors (Lipinski definition) is 7. The molecular weight excluding hydrogens is 652 g/mol. The summed E-state index contributed by atoms with van der Waals surface area (Å²) >= 11 is 0. The van der Waals surface area contributed by atoms with E-state index in [4.69, 9.17) is 11.5 Å². The second kappa shape index (κ2) is 29.1. The quantitative estimate of drug-likeness (QED) is 0.0314. The highest BCUT2D eigenvalue weighted by atomic mass is 16.4. The summed E-state index contributed by atoms with van der Waals surface area (Å²) in [6.07, 6.45) is 15.5. The van der Waals surface area contributed by atoms with Crippen molar-refractivity contribution in [3.05, 3.63) is 0 Å². The number of carbonyl (C=O) groups is 6. The number of aliphatic imine (C=N–C) groups is 1. The number of Topliss-reactive ketones (excluding diaryl/α,β-unsaturated/α-hetero) is 2. The highest BCUT2D eigenvalue weighted by molar-refractivity contribution is 5.96. The largest absolute Gasteiger partial charge is 0.481 e. The standard InChI is InChI=1S/C38H70N6O7/c1-6-7-8-9-10-11-12-13-14-15-16-17-18-21-34(47)43-28(4)32(45)24-30(26-35(48)49)37(51)44-31(20-19-22-42-38(39)40)33(46)25-29(23-27(2)3)36(50)41-5/h27-31H,6-26H2,1-5H3,(H,41,50)(H,43,47)(H,44,51)(H,48,49)(H4,39,40,42)/t28-,29+,30-,31-/m0/s1. The summed E-state index contributed by atoms with van der Waals surface area (Å²) in [5, 5.41) is 17.4. The highest BCUT2D eigenvalue weighted by Crippen LogP contribution is 2.20. The van der Waals surface area contributed by atoms with Crippen molar-refractivity contribution in [3.63, 3.8) is 0 Å². The van der Waals surface area contributed by atoms with Crippen LogP contribution < -0.4 is 27.4 Å². The van der Waals surface area contributed by atoms with Crippen molar-refractivity contribution in [1.82, 2.24) is 16.0 Å². The van der Waals surface area contributed by atoms with E-state index >= 15 is 0 Å². The van der Waals surface area contributed by atoms with Gasteiger partial charge in [0.2, 0.25) is 17.7 Å². The minimum Gasteiger partial charge on any atom is -0.481 e. The number of aliphatic carboxylic acids is 1. The first-order valence-electron chi connectivity index (χ1n) is 19.4. The van der Waals surface area contributed by atoms with Gasteiger partial charge in [0.05, 0.1) is 24.4 Å². The lowest BCUT2D eigenvalue weighted by Gasteiger charge is -2.24. The van der Waals surface area contributed by atoms with Gasteiger partial charge in [0.25, 0.3) is 0 Å². The maximum Gasteiger partial charge on any atom is 0.304 e. The molecule has 4 atom stereocenters. The Labute approximate surface area is 306 Å². The molecule has 0 unspecified atom stereocenters. The van der Waals surface area contributed by atoms with E-state index in [1.54, 1.807) is 0 Å². The molecular formula is C38H70N6O7. The van der Waals surface area contributed by atoms with Crippen molar-refractivity contribution >= 4 is 41.2 Å². The first kappa shape index (κ1) is 47.5. The summed E-state index contributed by atoms with van der Waals surface area (Å²) in [4.78, 5) is 80.6. The van der Waals surface area contributed by atoms with Crippen molar-refractivity contribution in [2.24, 2.45) is 34.2 Å². The molecule has 0 aliphatic rings. The van der Waals surface area contributed by atoms with Crippen molar-refractivity contribution in [2.75, 3.05) is 13.6 Å². The molecule has 0 heterocycles. The SMILES string of the molecule is CCCCCCCCCCCCCCCC(=O)N[C@@H](C)C(=O)C[C@@H](CC(=O)O)C(=O)N[C@@H](CCCN=C(N)N)C(=O)C[C@@H](CC(C)C)C(=O)NC. The molecule has 0 fully saturated rings. The van der Waals surface area contributed by atoms with Crippen LogP contribution in [0.15, 0.2) is 4.99 Å². The number of unbranched alkanes of at least 4 members (excludes halogenated alkanes) is 12. The molecule has 0 aromatic carbocycles. The van der Waals surface area contributed by atoms with Crippen LogP contribution in [0, 0.1) is 17.8 Å². The van der Waals surface area contributed by atoms with Gasteiger partial charge in [-0.15, -0.1) is 0 Å². The van der Waals surface area contributed by atoms with Crippen LogP contribution in [0.4, 0.5) is 0 Å². The molecule has 13 heteroatoms. The normalized spacial score (nSPS) is 13.5. The van der Waals surface area contributed by atoms with Crippen LogP contribution in [0.3, 0.4) is 0 Å². The Balaban J connectivity index is 5.08. The molecule has 13 nitrogen and oxygen atoms in total. The van der Waals surface area contributed by atoms with E-state index in [9.17, 15) is 33.9 Å². The van der Waals surface area contributed by atoms with Gasteiger partial charge in [-0.05, 0) is 38.5 Å². The zero-order valence-corrected chi connectivity index (χ0v) is 32.2. The van der Waals surface area contributed by atoms with E-state index in [1.807, 2.05) is 13.8 Å². The number of ketones is 2. The number of guanidine groups is 1. The molecule has 0 radical (unpaired) electrons. The van der Waals surface area contributed by atoms with Crippen LogP contribution in [-0.2, 0) is 28.8 Å². The summed E-state index contributed by atoms with van der Waals surface area (Å²) < 4.78 is 0. The first-order valence-corrected chi connectivity index (χ1v) is 19.4. The first-order chi connectivity index (χ1) is 24.2. The average molecular weight is 723 g/mol. The van der Waals surface area contributed by atoms with Gasteiger partial charge in [-0.25, -0.2) is 0 Å². The van der Waals surface area contributed by atoms with Crippen LogP contribution in [0.1, 0.15) is 156 Å². The van der Waals surface area contributed by atoms with Crippen LogP contribution in [0.5, 0.6) is 0 Å². The molecule has 0 spiro atoms. The van der Waals surface area contributed by atoms with E-state index in [0.29, 0.717) is 19.3 Å². The molecule has 0 aliphatic heterocycles. The van der Waals surface area contributed by atoms with Gasteiger partial charge in [0, 0.05) is 38.8 Å². The van der Waals surface area contributed by atoms with Crippen molar-refractivity contribution in [2.45, 2.75) is 168 Å². The third-order valence-corrected chi connectivity index (χ3v) is 9.08. The Bertz CT molecular complexity index is 1080. The number of nitrogens with zero attached hydrogens (tertiary/aromatic N) is 1. The lowest BCUT2D eigenvalue weighted by atomic mass is 9.88. The molecule has 294 valence electrons. The maximum absolute atomic E-state index is 13.4. The number of hydrogen-bond donors (Lipinski definition) is 6. The van der Waals surface area contributed by atoms with E-state index in [2.05, 4.69) is 27.9 Å². The van der Waals surface area contributed by atoms with E-state index in [0.717, 1.165) is 19.3 Å². The Hall–Kier alpha value is -3.51. The van der Waals surface area contributed by atoms with Crippen LogP contribution in [0.2, 0.25) is 0 Å². The Morgan fingerprint density at radius 3 is 1.69 bits per heavy atom. The van der Waals surface area contributed by atoms with Gasteiger partial charge in [-0.2, -0.15) is 0 Å². The van der Waals surface area contributed by atoms with Crippen molar-refractivity contribution in [1.29, 1.82) is 0 Å². The fourth-order valence-electron chi connectivity index (χ4n) is 6.13. The van der Waals surface area contributed by atoms with Crippen LogP contribution >= 0.6 is 0 Å². The number of carboxylic acids is 1. The molecule has 51 heavy (non-hydrogen) atoms. The summed E-state index contributed by atoms with van der Waals surface area (Å²) in [6, 6.07) is -1.96. The van der Waals surface area contributed by atoms with Gasteiger partial charge >= 0.3 is 5.97 Å². The predicted octanol–water partition coefficient (Wildman–Crippen LogP) is 4.93. The Kier molecular flexibility index (Phi) is 27.1. The molecule has 0 aromatic heterocycles. The smallest absolute Gasteiger partial charge is 0.304 e. The average Bonchev–Trinajstić information content (AvgIpc) is 3.06. The molecule has 3 amide bonds. The molecule has 0 aliphatic carbocycles. The van der Waals surface area contributed by atoms with Gasteiger partial charge in [0.15, 0.2) is 17.5 Å². The lowest BCUT2D eigenvalue weighted by molar-refractivity contribution is -0.142. The fraction of sp³-hybridized carbons (Fsp3) is 0.816. The second-order valence-corrected chi connectivity index (χ2v) is 14.4. The molecule has 0 aromatic rings. The van der Waals surface area contributed by atoms with Gasteiger partial charge in [0.1, 0.15) is 0 Å². The predicted molar refractivity (Wildman–Crippen MR) is 202 cm³/mol. The number of carboxylic acid groups (broad SMARTS) is 1. The molecule has 8 N–H and O–H groups in total. The molecule has 0 saturated carbocycles. The summed E-state index contributed by atoms with van der Waals surface area (Å²) in [7, 11) is 1.49. The topological polar surface area (TPSA) is 223 Å². The molecule has 0 rings (SSSR count). The van der Waals surface area contributed by atoms with Gasteiger partial charge in [-0.1, -0.05) is 97.8 Å². The van der Waals surface area contributed by atoms with E-state index in [1.165, 1.54) is 71.8 Å². The zero-order chi connectivity index (χ0) is 38.6. The lowest BCUT2D eigenvalue weighted by Crippen LogP contribution is -2.47. The number of amides is 3. The number of nitrogens with two attached hydrogens (primary N) is 2. The summed E-state index contributed by atoms with van der Waals surface area (Å²) in [5.74, 6) is -5.35. The van der Waals surface area contributed by atoms with Crippen molar-refractivity contribution < 1.29 is 33.9 Å². The minimum absolute atomic E-state index is 0.121. The van der Waals surface area contributed by atoms with Gasteiger partial charge in [-0.3, -0.25) is 33.8 Å². The summed E-state index contributed by atoms with van der Waals surface area (Å²) in [6.45, 7) is 7.81. The molecule has 0 bridgehead atoms. The Morgan fingerprint density at radius 2 is 1.20 bits per heavy atom. The molecule has 0 saturated heterocycles. The number of nitrogens with one attached hydrogen (secondary N) is 3. The number of rotatable bonds is 32. The van der Waals surface area contributed by atoms with E-state index < -0.39 is 60.2 Å². The van der Waals surface area contributed by atoms with Crippen molar-refractivity contribution in [3.8, 4) is 0 Å². The van der Waals surface area contributed by atoms with E-state index in [-0.39, 0.29) is 49.5 Å². The third kappa shape index (κ3) is 25.1. The second-order valence-electron chi connectivity index (χ2n) is 14.4. The summed E-state index contributed by atoms with van der Waals surface area (Å²) in [5.41, 5.74) is 10.8. The fourth-order valence-corrected chi connectivity index (χ4v) is 6.13. The zero-order valence-electron chi connectivity index (χ0n) is 32.2. The highest BCUT2D eigenvalue weighted by Gasteiger charge is 2.32. The third-order valence-electron chi connectivity index (χ3n) is 9.08. The number of carbonyl (C=O) groups excluding carboxylic acids is 5. The minimum atomic E-state index is -1.28. The monoisotopic (exact) mass is 723 g/mol. The van der Waals surface area contributed by atoms with Gasteiger partial charge < -0.3 is 32.5 Å².